The molecule has 0 aliphatic carbocycles. The van der Waals surface area contributed by atoms with Gasteiger partial charge in [-0.15, -0.1) is 35.4 Å². The standard InChI is InChI=1S/C27H16NO.C13H24O2.Ir/c1-2-13-25-23(9-1)27-22-11-6-10-20(21(22)14-15-26(27)29-25)18-7-5-8-19(17-18)24-12-3-4-16-28-24;1-5-10(6-2)12(14)9-13(15)11(7-3)8-4;/h1-7,9-17H;9-11,14H,5-8H2,1-4H3;/q-1;;/b;12-9-;. The topological polar surface area (TPSA) is 63.3 Å². The third-order valence-electron chi connectivity index (χ3n) is 8.53. The predicted molar refractivity (Wildman–Crippen MR) is 183 cm³/mol. The maximum atomic E-state index is 11.7. The Balaban J connectivity index is 0.000000249. The van der Waals surface area contributed by atoms with Crippen LogP contribution in [-0.4, -0.2) is 15.9 Å². The molecule has 0 atom stereocenters. The van der Waals surface area contributed by atoms with Crippen LogP contribution in [0.15, 0.2) is 113 Å². The van der Waals surface area contributed by atoms with Crippen LogP contribution in [0.25, 0.3) is 55.1 Å². The number of carbonyl (C=O) groups is 1. The van der Waals surface area contributed by atoms with Crippen LogP contribution in [-0.2, 0) is 24.9 Å². The van der Waals surface area contributed by atoms with Gasteiger partial charge in [-0.25, -0.2) is 0 Å². The number of aliphatic hydroxyl groups is 1. The summed E-state index contributed by atoms with van der Waals surface area (Å²) in [5, 5.41) is 14.5. The van der Waals surface area contributed by atoms with Gasteiger partial charge in [-0.05, 0) is 65.9 Å². The molecule has 0 saturated carbocycles. The Kier molecular flexibility index (Phi) is 11.9. The number of allylic oxidation sites excluding steroid dienone is 2. The summed E-state index contributed by atoms with van der Waals surface area (Å²) in [6.45, 7) is 8.07. The van der Waals surface area contributed by atoms with E-state index < -0.39 is 0 Å². The minimum absolute atomic E-state index is 0. The summed E-state index contributed by atoms with van der Waals surface area (Å²) in [4.78, 5) is 16.2. The van der Waals surface area contributed by atoms with Gasteiger partial charge in [0.15, 0.2) is 5.78 Å². The minimum atomic E-state index is 0. The second-order valence-electron chi connectivity index (χ2n) is 11.1. The first kappa shape index (κ1) is 33.8. The van der Waals surface area contributed by atoms with Gasteiger partial charge in [-0.3, -0.25) is 4.79 Å². The number of carbonyl (C=O) groups excluding carboxylic acids is 1. The summed E-state index contributed by atoms with van der Waals surface area (Å²) in [6.07, 6.45) is 6.72. The van der Waals surface area contributed by atoms with Crippen molar-refractivity contribution in [3.05, 3.63) is 115 Å². The molecule has 5 heteroatoms. The molecule has 4 aromatic carbocycles. The number of aromatic nitrogens is 1. The summed E-state index contributed by atoms with van der Waals surface area (Å²) in [5.41, 5.74) is 6.12. The summed E-state index contributed by atoms with van der Waals surface area (Å²) < 4.78 is 6.07. The second-order valence-corrected chi connectivity index (χ2v) is 11.1. The molecule has 45 heavy (non-hydrogen) atoms. The van der Waals surface area contributed by atoms with Crippen molar-refractivity contribution < 1.29 is 34.4 Å². The normalized spacial score (nSPS) is 11.6. The molecule has 0 aliphatic heterocycles. The number of rotatable bonds is 9. The maximum absolute atomic E-state index is 11.7. The van der Waals surface area contributed by atoms with E-state index in [1.807, 2.05) is 70.3 Å². The number of benzene rings is 4. The fourth-order valence-corrected chi connectivity index (χ4v) is 5.92. The Morgan fingerprint density at radius 2 is 1.51 bits per heavy atom. The molecule has 0 fully saturated rings. The summed E-state index contributed by atoms with van der Waals surface area (Å²) >= 11 is 0. The van der Waals surface area contributed by atoms with Gasteiger partial charge in [0, 0.05) is 55.0 Å². The molecule has 0 amide bonds. The molecule has 1 N–H and O–H groups in total. The number of hydrogen-bond acceptors (Lipinski definition) is 4. The first-order chi connectivity index (χ1) is 21.5. The van der Waals surface area contributed by atoms with Gasteiger partial charge in [0.25, 0.3) is 0 Å². The van der Waals surface area contributed by atoms with Crippen molar-refractivity contribution in [2.24, 2.45) is 11.8 Å². The number of nitrogens with zero attached hydrogens (tertiary/aromatic N) is 1. The molecule has 0 aliphatic rings. The van der Waals surface area contributed by atoms with E-state index in [0.29, 0.717) is 0 Å². The number of pyridine rings is 1. The minimum Gasteiger partial charge on any atom is -0.512 e. The van der Waals surface area contributed by atoms with Crippen LogP contribution in [0.1, 0.15) is 53.4 Å². The van der Waals surface area contributed by atoms with E-state index in [1.54, 1.807) is 0 Å². The van der Waals surface area contributed by atoms with Crippen molar-refractivity contribution >= 4 is 38.5 Å². The Labute approximate surface area is 279 Å². The van der Waals surface area contributed by atoms with Crippen LogP contribution < -0.4 is 0 Å². The molecule has 2 aromatic heterocycles. The van der Waals surface area contributed by atoms with Gasteiger partial charge in [0.1, 0.15) is 11.2 Å². The molecule has 4 nitrogen and oxygen atoms in total. The molecule has 0 spiro atoms. The van der Waals surface area contributed by atoms with E-state index in [1.165, 1.54) is 27.8 Å². The molecule has 6 aromatic rings. The van der Waals surface area contributed by atoms with Gasteiger partial charge in [0.05, 0.1) is 5.76 Å². The molecule has 0 bridgehead atoms. The number of furan rings is 1. The van der Waals surface area contributed by atoms with Gasteiger partial charge < -0.3 is 14.5 Å². The van der Waals surface area contributed by atoms with Crippen molar-refractivity contribution in [2.45, 2.75) is 53.4 Å². The molecule has 1 radical (unpaired) electrons. The quantitative estimate of drug-likeness (QED) is 0.0903. The van der Waals surface area contributed by atoms with Crippen molar-refractivity contribution in [2.75, 3.05) is 0 Å². The summed E-state index contributed by atoms with van der Waals surface area (Å²) in [7, 11) is 0. The fourth-order valence-electron chi connectivity index (χ4n) is 5.92. The van der Waals surface area contributed by atoms with E-state index in [2.05, 4.69) is 65.6 Å². The zero-order chi connectivity index (χ0) is 31.1. The molecule has 0 saturated heterocycles. The Hall–Kier alpha value is -4.05. The molecule has 0 unspecified atom stereocenters. The number of hydrogen-bond donors (Lipinski definition) is 1. The third kappa shape index (κ3) is 7.44. The van der Waals surface area contributed by atoms with Crippen LogP contribution in [0.2, 0.25) is 0 Å². The van der Waals surface area contributed by atoms with E-state index in [-0.39, 0.29) is 43.5 Å². The van der Waals surface area contributed by atoms with Crippen LogP contribution in [0.3, 0.4) is 0 Å². The number of ketones is 1. The van der Waals surface area contributed by atoms with Crippen molar-refractivity contribution in [3.8, 4) is 22.4 Å². The smallest absolute Gasteiger partial charge is 0.162 e. The van der Waals surface area contributed by atoms with E-state index >= 15 is 0 Å². The van der Waals surface area contributed by atoms with Crippen LogP contribution >= 0.6 is 0 Å². The van der Waals surface area contributed by atoms with Crippen LogP contribution in [0, 0.1) is 17.9 Å². The molecule has 233 valence electrons. The monoisotopic (exact) mass is 775 g/mol. The van der Waals surface area contributed by atoms with Gasteiger partial charge in [-0.1, -0.05) is 82.3 Å². The van der Waals surface area contributed by atoms with E-state index in [0.717, 1.165) is 59.1 Å². The fraction of sp³-hybridized carbons (Fsp3) is 0.250. The van der Waals surface area contributed by atoms with E-state index in [9.17, 15) is 9.90 Å². The molecular formula is C40H40IrNO3-. The SMILES string of the molecule is CCC(CC)C(=O)/C=C(\O)C(CC)CC.[Ir].[c-]1ccc(-c2cccc3c2ccc2oc4ccccc4c23)cc1-c1ccccn1. The van der Waals surface area contributed by atoms with Crippen molar-refractivity contribution in [3.63, 3.8) is 0 Å². The Morgan fingerprint density at radius 3 is 2.22 bits per heavy atom. The maximum Gasteiger partial charge on any atom is 0.162 e. The largest absolute Gasteiger partial charge is 0.512 e. The molecule has 6 rings (SSSR count). The zero-order valence-electron chi connectivity index (χ0n) is 26.3. The average molecular weight is 775 g/mol. The third-order valence-corrected chi connectivity index (χ3v) is 8.53. The summed E-state index contributed by atoms with van der Waals surface area (Å²) in [6, 6.07) is 34.4. The Morgan fingerprint density at radius 1 is 0.800 bits per heavy atom. The van der Waals surface area contributed by atoms with Crippen LogP contribution in [0.4, 0.5) is 0 Å². The van der Waals surface area contributed by atoms with Crippen molar-refractivity contribution in [1.82, 2.24) is 4.98 Å². The van der Waals surface area contributed by atoms with E-state index in [4.69, 9.17) is 4.42 Å². The van der Waals surface area contributed by atoms with Gasteiger partial charge in [-0.2, -0.15) is 0 Å². The Bertz CT molecular complexity index is 1900. The van der Waals surface area contributed by atoms with Crippen molar-refractivity contribution in [1.29, 1.82) is 0 Å². The van der Waals surface area contributed by atoms with Gasteiger partial charge >= 0.3 is 0 Å². The molecule has 2 heterocycles. The average Bonchev–Trinajstić information content (AvgIpc) is 3.46. The zero-order valence-corrected chi connectivity index (χ0v) is 28.7. The first-order valence-electron chi connectivity index (χ1n) is 15.7. The predicted octanol–water partition coefficient (Wildman–Crippen LogP) is 11.1. The van der Waals surface area contributed by atoms with Gasteiger partial charge in [0.2, 0.25) is 0 Å². The number of para-hydroxylation sites is 1. The first-order valence-corrected chi connectivity index (χ1v) is 15.7. The van der Waals surface area contributed by atoms with Crippen LogP contribution in [0.5, 0.6) is 0 Å². The summed E-state index contributed by atoms with van der Waals surface area (Å²) in [5.74, 6) is 0.547. The number of aliphatic hydroxyl groups excluding tert-OH is 1. The second kappa shape index (κ2) is 15.8. The molecular weight excluding hydrogens is 735 g/mol. The number of fused-ring (bicyclic) bond motifs is 5.